The molecule has 0 aliphatic carbocycles. The molecule has 0 aliphatic rings. The van der Waals surface area contributed by atoms with E-state index in [9.17, 15) is 0 Å². The molecule has 0 saturated heterocycles. The van der Waals surface area contributed by atoms with Crippen LogP contribution in [-0.2, 0) is 13.1 Å². The van der Waals surface area contributed by atoms with Crippen molar-refractivity contribution in [1.29, 1.82) is 0 Å². The molecule has 1 N–H and O–H groups in total. The quantitative estimate of drug-likeness (QED) is 0.788. The Morgan fingerprint density at radius 1 is 1.14 bits per heavy atom. The van der Waals surface area contributed by atoms with E-state index in [0.717, 1.165) is 26.1 Å². The van der Waals surface area contributed by atoms with Crippen molar-refractivity contribution in [3.05, 3.63) is 59.4 Å². The minimum atomic E-state index is 0.870. The third kappa shape index (κ3) is 4.30. The van der Waals surface area contributed by atoms with E-state index in [0.29, 0.717) is 0 Å². The molecule has 0 spiro atoms. The van der Waals surface area contributed by atoms with E-state index in [1.54, 1.807) is 0 Å². The number of pyridine rings is 1. The molecule has 112 valence electrons. The van der Waals surface area contributed by atoms with Gasteiger partial charge in [0.15, 0.2) is 0 Å². The van der Waals surface area contributed by atoms with Crippen molar-refractivity contribution in [3.8, 4) is 0 Å². The highest BCUT2D eigenvalue weighted by molar-refractivity contribution is 5.52. The van der Waals surface area contributed by atoms with Crippen molar-refractivity contribution < 1.29 is 0 Å². The molecule has 0 aliphatic heterocycles. The first-order valence-electron chi connectivity index (χ1n) is 7.61. The van der Waals surface area contributed by atoms with E-state index in [4.69, 9.17) is 0 Å². The summed E-state index contributed by atoms with van der Waals surface area (Å²) in [7, 11) is 2.14. The van der Waals surface area contributed by atoms with E-state index in [1.165, 1.54) is 22.4 Å². The summed E-state index contributed by atoms with van der Waals surface area (Å²) in [6, 6.07) is 10.7. The second kappa shape index (κ2) is 7.79. The van der Waals surface area contributed by atoms with Crippen LogP contribution in [0.1, 0.15) is 30.0 Å². The minimum Gasteiger partial charge on any atom is -0.370 e. The monoisotopic (exact) mass is 283 g/mol. The standard InChI is InChI=1S/C18H25N3/c1-4-10-19-12-17-13-20-11-9-18(17)21(3)14-16-8-6-5-7-15(16)2/h5-9,11,13,19H,4,10,12,14H2,1-3H3. The number of hydrogen-bond donors (Lipinski definition) is 1. The predicted molar refractivity (Wildman–Crippen MR) is 89.5 cm³/mol. The second-order valence-electron chi connectivity index (χ2n) is 5.46. The Labute approximate surface area is 128 Å². The number of anilines is 1. The number of rotatable bonds is 7. The molecule has 0 bridgehead atoms. The van der Waals surface area contributed by atoms with Crippen LogP contribution >= 0.6 is 0 Å². The average Bonchev–Trinajstić information content (AvgIpc) is 2.50. The lowest BCUT2D eigenvalue weighted by molar-refractivity contribution is 0.672. The lowest BCUT2D eigenvalue weighted by Crippen LogP contribution is -2.21. The normalized spacial score (nSPS) is 10.6. The Bertz CT molecular complexity index is 566. The molecule has 0 amide bonds. The molecular formula is C18H25N3. The largest absolute Gasteiger partial charge is 0.370 e. The lowest BCUT2D eigenvalue weighted by atomic mass is 10.1. The van der Waals surface area contributed by atoms with Crippen LogP contribution in [-0.4, -0.2) is 18.6 Å². The third-order valence-electron chi connectivity index (χ3n) is 3.70. The lowest BCUT2D eigenvalue weighted by Gasteiger charge is -2.23. The van der Waals surface area contributed by atoms with E-state index < -0.39 is 0 Å². The van der Waals surface area contributed by atoms with Gasteiger partial charge in [0, 0.05) is 43.8 Å². The van der Waals surface area contributed by atoms with Gasteiger partial charge in [0.05, 0.1) is 0 Å². The maximum Gasteiger partial charge on any atom is 0.0443 e. The summed E-state index contributed by atoms with van der Waals surface area (Å²) in [6.45, 7) is 7.17. The highest BCUT2D eigenvalue weighted by Gasteiger charge is 2.08. The summed E-state index contributed by atoms with van der Waals surface area (Å²) in [5, 5.41) is 3.46. The van der Waals surface area contributed by atoms with Crippen LogP contribution < -0.4 is 10.2 Å². The maximum atomic E-state index is 4.26. The van der Waals surface area contributed by atoms with Crippen LogP contribution in [0.25, 0.3) is 0 Å². The molecule has 1 heterocycles. The maximum absolute atomic E-state index is 4.26. The van der Waals surface area contributed by atoms with Crippen molar-refractivity contribution in [3.63, 3.8) is 0 Å². The number of benzene rings is 1. The molecule has 0 saturated carbocycles. The molecule has 2 aromatic rings. The Hall–Kier alpha value is -1.87. The van der Waals surface area contributed by atoms with E-state index in [-0.39, 0.29) is 0 Å². The smallest absolute Gasteiger partial charge is 0.0443 e. The van der Waals surface area contributed by atoms with Gasteiger partial charge in [-0.15, -0.1) is 0 Å². The van der Waals surface area contributed by atoms with Gasteiger partial charge in [-0.3, -0.25) is 4.98 Å². The molecular weight excluding hydrogens is 258 g/mol. The van der Waals surface area contributed by atoms with Crippen LogP contribution in [0.5, 0.6) is 0 Å². The average molecular weight is 283 g/mol. The number of nitrogens with zero attached hydrogens (tertiary/aromatic N) is 2. The van der Waals surface area contributed by atoms with Gasteiger partial charge in [-0.25, -0.2) is 0 Å². The van der Waals surface area contributed by atoms with E-state index in [1.807, 2.05) is 12.4 Å². The number of aromatic nitrogens is 1. The van der Waals surface area contributed by atoms with Crippen molar-refractivity contribution in [2.75, 3.05) is 18.5 Å². The number of aryl methyl sites for hydroxylation is 1. The first-order chi connectivity index (χ1) is 10.2. The van der Waals surface area contributed by atoms with Gasteiger partial charge < -0.3 is 10.2 Å². The Balaban J connectivity index is 2.11. The van der Waals surface area contributed by atoms with Gasteiger partial charge in [-0.1, -0.05) is 31.2 Å². The Kier molecular flexibility index (Phi) is 5.76. The fourth-order valence-corrected chi connectivity index (χ4v) is 2.46. The van der Waals surface area contributed by atoms with Crippen LogP contribution in [0.2, 0.25) is 0 Å². The highest BCUT2D eigenvalue weighted by atomic mass is 15.1. The fourth-order valence-electron chi connectivity index (χ4n) is 2.46. The zero-order chi connectivity index (χ0) is 15.1. The number of hydrogen-bond acceptors (Lipinski definition) is 3. The zero-order valence-corrected chi connectivity index (χ0v) is 13.3. The molecule has 0 unspecified atom stereocenters. The summed E-state index contributed by atoms with van der Waals surface area (Å²) < 4.78 is 0. The molecule has 0 atom stereocenters. The summed E-state index contributed by atoms with van der Waals surface area (Å²) in [6.07, 6.45) is 4.98. The van der Waals surface area contributed by atoms with Crippen LogP contribution in [0.3, 0.4) is 0 Å². The van der Waals surface area contributed by atoms with E-state index >= 15 is 0 Å². The molecule has 2 rings (SSSR count). The third-order valence-corrected chi connectivity index (χ3v) is 3.70. The van der Waals surface area contributed by atoms with Crippen LogP contribution in [0, 0.1) is 6.92 Å². The molecule has 1 aromatic heterocycles. The highest BCUT2D eigenvalue weighted by Crippen LogP contribution is 2.21. The zero-order valence-electron chi connectivity index (χ0n) is 13.3. The molecule has 1 aromatic carbocycles. The minimum absolute atomic E-state index is 0.870. The first-order valence-corrected chi connectivity index (χ1v) is 7.61. The Morgan fingerprint density at radius 2 is 1.95 bits per heavy atom. The number of nitrogens with one attached hydrogen (secondary N) is 1. The second-order valence-corrected chi connectivity index (χ2v) is 5.46. The molecule has 21 heavy (non-hydrogen) atoms. The predicted octanol–water partition coefficient (Wildman–Crippen LogP) is 3.53. The van der Waals surface area contributed by atoms with E-state index in [2.05, 4.69) is 66.4 Å². The van der Waals surface area contributed by atoms with Gasteiger partial charge in [0.25, 0.3) is 0 Å². The summed E-state index contributed by atoms with van der Waals surface area (Å²) in [5.41, 5.74) is 5.20. The molecule has 0 fully saturated rings. The van der Waals surface area contributed by atoms with Crippen LogP contribution in [0.4, 0.5) is 5.69 Å². The summed E-state index contributed by atoms with van der Waals surface area (Å²) in [5.74, 6) is 0. The van der Waals surface area contributed by atoms with Crippen molar-refractivity contribution in [1.82, 2.24) is 10.3 Å². The van der Waals surface area contributed by atoms with Crippen LogP contribution in [0.15, 0.2) is 42.7 Å². The molecule has 3 nitrogen and oxygen atoms in total. The van der Waals surface area contributed by atoms with Gasteiger partial charge in [-0.2, -0.15) is 0 Å². The molecule has 0 radical (unpaired) electrons. The summed E-state index contributed by atoms with van der Waals surface area (Å²) >= 11 is 0. The Morgan fingerprint density at radius 3 is 2.71 bits per heavy atom. The fraction of sp³-hybridized carbons (Fsp3) is 0.389. The van der Waals surface area contributed by atoms with Crippen molar-refractivity contribution >= 4 is 5.69 Å². The van der Waals surface area contributed by atoms with Crippen molar-refractivity contribution in [2.24, 2.45) is 0 Å². The van der Waals surface area contributed by atoms with Crippen molar-refractivity contribution in [2.45, 2.75) is 33.4 Å². The van der Waals surface area contributed by atoms with Gasteiger partial charge >= 0.3 is 0 Å². The SMILES string of the molecule is CCCNCc1cnccc1N(C)Cc1ccccc1C. The summed E-state index contributed by atoms with van der Waals surface area (Å²) in [4.78, 5) is 6.56. The van der Waals surface area contributed by atoms with Gasteiger partial charge in [-0.05, 0) is 37.1 Å². The topological polar surface area (TPSA) is 28.2 Å². The molecule has 3 heteroatoms. The van der Waals surface area contributed by atoms with Gasteiger partial charge in [0.1, 0.15) is 0 Å². The first kappa shape index (κ1) is 15.5. The van der Waals surface area contributed by atoms with Gasteiger partial charge in [0.2, 0.25) is 0 Å².